The number of rotatable bonds is 4. The summed E-state index contributed by atoms with van der Waals surface area (Å²) in [6, 6.07) is 4.68. The molecule has 0 radical (unpaired) electrons. The lowest BCUT2D eigenvalue weighted by molar-refractivity contribution is 0.0377. The summed E-state index contributed by atoms with van der Waals surface area (Å²) < 4.78 is 20.0. The number of benzene rings is 1. The largest absolute Gasteiger partial charge is 0.459 e. The summed E-state index contributed by atoms with van der Waals surface area (Å²) in [7, 11) is 0. The van der Waals surface area contributed by atoms with Gasteiger partial charge in [0.25, 0.3) is 5.56 Å². The Hall–Kier alpha value is -3.21. The number of H-pyrrole nitrogens is 1. The van der Waals surface area contributed by atoms with E-state index in [1.165, 1.54) is 6.07 Å². The number of aromatic amines is 1. The smallest absolute Gasteiger partial charge is 0.339 e. The maximum Gasteiger partial charge on any atom is 0.339 e. The van der Waals surface area contributed by atoms with E-state index in [4.69, 9.17) is 10.00 Å². The lowest BCUT2D eigenvalue weighted by Gasteiger charge is -2.13. The number of carbonyl (C=O) groups excluding carboxylic acids is 1. The van der Waals surface area contributed by atoms with Gasteiger partial charge in [-0.3, -0.25) is 4.79 Å². The van der Waals surface area contributed by atoms with Crippen molar-refractivity contribution >= 4 is 5.97 Å². The van der Waals surface area contributed by atoms with Gasteiger partial charge < -0.3 is 9.72 Å². The summed E-state index contributed by atoms with van der Waals surface area (Å²) in [5, 5.41) is 9.13. The first-order valence-electron chi connectivity index (χ1n) is 7.97. The molecule has 1 aromatic heterocycles. The molecular formula is C18H18FN3O4. The number of hydrogen-bond acceptors (Lipinski definition) is 5. The molecule has 0 atom stereocenters. The molecule has 0 fully saturated rings. The third-order valence-corrected chi connectivity index (χ3v) is 3.59. The molecule has 0 aliphatic carbocycles. The second kappa shape index (κ2) is 7.35. The van der Waals surface area contributed by atoms with Gasteiger partial charge in [0.1, 0.15) is 11.9 Å². The second-order valence-electron chi connectivity index (χ2n) is 6.27. The monoisotopic (exact) mass is 359 g/mol. The van der Waals surface area contributed by atoms with Gasteiger partial charge in [0, 0.05) is 11.8 Å². The molecular weight excluding hydrogens is 341 g/mol. The zero-order chi connectivity index (χ0) is 19.6. The molecule has 7 nitrogen and oxygen atoms in total. The van der Waals surface area contributed by atoms with Crippen LogP contribution in [-0.2, 0) is 4.74 Å². The highest BCUT2D eigenvalue weighted by molar-refractivity contribution is 5.93. The molecule has 0 unspecified atom stereocenters. The molecule has 0 bridgehead atoms. The van der Waals surface area contributed by atoms with Gasteiger partial charge in [0.05, 0.1) is 22.9 Å². The van der Waals surface area contributed by atoms with Crippen LogP contribution in [-0.4, -0.2) is 21.6 Å². The summed E-state index contributed by atoms with van der Waals surface area (Å²) in [6.07, 6.45) is -0.459. The summed E-state index contributed by atoms with van der Waals surface area (Å²) >= 11 is 0. The van der Waals surface area contributed by atoms with E-state index in [-0.39, 0.29) is 17.0 Å². The molecule has 1 aromatic carbocycles. The lowest BCUT2D eigenvalue weighted by atomic mass is 10.1. The number of halogens is 1. The second-order valence-corrected chi connectivity index (χ2v) is 6.27. The van der Waals surface area contributed by atoms with Gasteiger partial charge in [0.15, 0.2) is 0 Å². The molecule has 2 rings (SSSR count). The van der Waals surface area contributed by atoms with E-state index in [0.717, 1.165) is 12.1 Å². The van der Waals surface area contributed by atoms with Crippen LogP contribution in [0.4, 0.5) is 4.39 Å². The SMILES string of the molecule is CC(C)OC(=O)c1cc(-n2c(=O)cc(C(C)C)[nH]c2=O)c(F)cc1C#N. The first-order valence-corrected chi connectivity index (χ1v) is 7.97. The molecule has 0 amide bonds. The number of aromatic nitrogens is 2. The minimum atomic E-state index is -0.979. The Balaban J connectivity index is 2.72. The molecule has 0 saturated heterocycles. The number of nitriles is 1. The van der Waals surface area contributed by atoms with Gasteiger partial charge in [-0.2, -0.15) is 5.26 Å². The van der Waals surface area contributed by atoms with Crippen LogP contribution in [0.5, 0.6) is 0 Å². The Morgan fingerprint density at radius 1 is 1.23 bits per heavy atom. The van der Waals surface area contributed by atoms with Crippen molar-refractivity contribution in [3.63, 3.8) is 0 Å². The number of hydrogen-bond donors (Lipinski definition) is 1. The summed E-state index contributed by atoms with van der Waals surface area (Å²) in [5.74, 6) is -1.93. The van der Waals surface area contributed by atoms with Crippen LogP contribution < -0.4 is 11.2 Å². The molecule has 1 heterocycles. The van der Waals surface area contributed by atoms with E-state index in [0.29, 0.717) is 10.3 Å². The maximum absolute atomic E-state index is 14.4. The fraction of sp³-hybridized carbons (Fsp3) is 0.333. The van der Waals surface area contributed by atoms with E-state index in [1.54, 1.807) is 33.8 Å². The highest BCUT2D eigenvalue weighted by Crippen LogP contribution is 2.19. The van der Waals surface area contributed by atoms with E-state index < -0.39 is 34.8 Å². The third-order valence-electron chi connectivity index (χ3n) is 3.59. The fourth-order valence-corrected chi connectivity index (χ4v) is 2.32. The zero-order valence-electron chi connectivity index (χ0n) is 14.8. The molecule has 136 valence electrons. The number of carbonyl (C=O) groups is 1. The van der Waals surface area contributed by atoms with Gasteiger partial charge >= 0.3 is 11.7 Å². The van der Waals surface area contributed by atoms with Gasteiger partial charge in [-0.1, -0.05) is 13.8 Å². The predicted molar refractivity (Wildman–Crippen MR) is 92.0 cm³/mol. The van der Waals surface area contributed by atoms with Crippen molar-refractivity contribution in [1.29, 1.82) is 5.26 Å². The Morgan fingerprint density at radius 2 is 1.88 bits per heavy atom. The number of nitrogens with one attached hydrogen (secondary N) is 1. The Labute approximate surface area is 148 Å². The highest BCUT2D eigenvalue weighted by Gasteiger charge is 2.21. The van der Waals surface area contributed by atoms with Crippen molar-refractivity contribution in [2.45, 2.75) is 39.7 Å². The number of ether oxygens (including phenoxy) is 1. The average Bonchev–Trinajstić information content (AvgIpc) is 2.54. The normalized spacial score (nSPS) is 10.8. The summed E-state index contributed by atoms with van der Waals surface area (Å²) in [6.45, 7) is 6.82. The molecule has 8 heteroatoms. The fourth-order valence-electron chi connectivity index (χ4n) is 2.32. The van der Waals surface area contributed by atoms with Crippen LogP contribution in [0.3, 0.4) is 0 Å². The van der Waals surface area contributed by atoms with Crippen molar-refractivity contribution in [1.82, 2.24) is 9.55 Å². The van der Waals surface area contributed by atoms with E-state index in [2.05, 4.69) is 4.98 Å². The van der Waals surface area contributed by atoms with Crippen molar-refractivity contribution in [2.24, 2.45) is 0 Å². The lowest BCUT2D eigenvalue weighted by Crippen LogP contribution is -2.35. The quantitative estimate of drug-likeness (QED) is 0.843. The highest BCUT2D eigenvalue weighted by atomic mass is 19.1. The van der Waals surface area contributed by atoms with Crippen molar-refractivity contribution in [2.75, 3.05) is 0 Å². The number of esters is 1. The first-order chi connectivity index (χ1) is 12.1. The van der Waals surface area contributed by atoms with Crippen LogP contribution in [0.2, 0.25) is 0 Å². The van der Waals surface area contributed by atoms with Crippen LogP contribution in [0.25, 0.3) is 5.69 Å². The average molecular weight is 359 g/mol. The van der Waals surface area contributed by atoms with Crippen molar-refractivity contribution < 1.29 is 13.9 Å². The Morgan fingerprint density at radius 3 is 2.38 bits per heavy atom. The zero-order valence-corrected chi connectivity index (χ0v) is 14.8. The predicted octanol–water partition coefficient (Wildman–Crippen LogP) is 2.23. The van der Waals surface area contributed by atoms with Crippen LogP contribution in [0.1, 0.15) is 55.2 Å². The van der Waals surface area contributed by atoms with Gasteiger partial charge in [-0.05, 0) is 31.9 Å². The third kappa shape index (κ3) is 3.72. The minimum absolute atomic E-state index is 0.104. The standard InChI is InChI=1S/C18H18FN3O4/c1-9(2)14-7-16(23)22(18(25)21-14)15-6-12(17(24)26-10(3)4)11(8-20)5-13(15)19/h5-7,9-10H,1-4H3,(H,21,25). The topological polar surface area (TPSA) is 105 Å². The van der Waals surface area contributed by atoms with E-state index in [9.17, 15) is 18.8 Å². The molecule has 0 spiro atoms. The first kappa shape index (κ1) is 19.1. The van der Waals surface area contributed by atoms with Crippen LogP contribution >= 0.6 is 0 Å². The van der Waals surface area contributed by atoms with Gasteiger partial charge in [0.2, 0.25) is 0 Å². The van der Waals surface area contributed by atoms with Crippen molar-refractivity contribution in [3.8, 4) is 11.8 Å². The maximum atomic E-state index is 14.4. The van der Waals surface area contributed by atoms with Crippen molar-refractivity contribution in [3.05, 3.63) is 61.7 Å². The number of nitrogens with zero attached hydrogens (tertiary/aromatic N) is 2. The molecule has 26 heavy (non-hydrogen) atoms. The molecule has 1 N–H and O–H groups in total. The van der Waals surface area contributed by atoms with E-state index in [1.807, 2.05) is 0 Å². The molecule has 2 aromatic rings. The molecule has 0 aliphatic heterocycles. The summed E-state index contributed by atoms with van der Waals surface area (Å²) in [5.41, 5.74) is -2.08. The van der Waals surface area contributed by atoms with Crippen LogP contribution in [0, 0.1) is 17.1 Å². The molecule has 0 saturated carbocycles. The van der Waals surface area contributed by atoms with Gasteiger partial charge in [-0.25, -0.2) is 18.5 Å². The Kier molecular flexibility index (Phi) is 5.41. The van der Waals surface area contributed by atoms with Crippen LogP contribution in [0.15, 0.2) is 27.8 Å². The Bertz CT molecular complexity index is 981. The minimum Gasteiger partial charge on any atom is -0.459 e. The van der Waals surface area contributed by atoms with Gasteiger partial charge in [-0.15, -0.1) is 0 Å². The summed E-state index contributed by atoms with van der Waals surface area (Å²) in [4.78, 5) is 39.3. The van der Waals surface area contributed by atoms with E-state index >= 15 is 0 Å². The molecule has 0 aliphatic rings.